The lowest BCUT2D eigenvalue weighted by Crippen LogP contribution is -2.23. The minimum Gasteiger partial charge on any atom is -0.312 e. The maximum absolute atomic E-state index is 11.9. The van der Waals surface area contributed by atoms with Crippen LogP contribution in [-0.2, 0) is 4.79 Å². The fourth-order valence-electron chi connectivity index (χ4n) is 3.59. The molecule has 0 saturated carbocycles. The number of thiophene rings is 1. The van der Waals surface area contributed by atoms with Gasteiger partial charge in [0.05, 0.1) is 0 Å². The van der Waals surface area contributed by atoms with Crippen LogP contribution in [0.2, 0.25) is 0 Å². The van der Waals surface area contributed by atoms with E-state index in [2.05, 4.69) is 39.6 Å². The third kappa shape index (κ3) is 2.90. The number of hydrogen-bond acceptors (Lipinski definition) is 4. The first kappa shape index (κ1) is 16.1. The van der Waals surface area contributed by atoms with Crippen molar-refractivity contribution in [3.8, 4) is 22.3 Å². The molecule has 0 spiro atoms. The van der Waals surface area contributed by atoms with E-state index in [-0.39, 0.29) is 5.91 Å². The largest absolute Gasteiger partial charge is 0.312 e. The Labute approximate surface area is 161 Å². The molecule has 4 aromatic rings. The van der Waals surface area contributed by atoms with E-state index in [0.717, 1.165) is 51.1 Å². The molecule has 0 aliphatic carbocycles. The summed E-state index contributed by atoms with van der Waals surface area (Å²) in [6.45, 7) is 0.814. The summed E-state index contributed by atoms with van der Waals surface area (Å²) in [6.07, 6.45) is 7.19. The van der Waals surface area contributed by atoms with Crippen LogP contribution >= 0.6 is 11.3 Å². The predicted molar refractivity (Wildman–Crippen MR) is 110 cm³/mol. The van der Waals surface area contributed by atoms with E-state index >= 15 is 0 Å². The number of carbonyl (C=O) groups excluding carboxylic acids is 1. The van der Waals surface area contributed by atoms with Crippen molar-refractivity contribution >= 4 is 33.1 Å². The summed E-state index contributed by atoms with van der Waals surface area (Å²) in [5.41, 5.74) is 5.38. The van der Waals surface area contributed by atoms with E-state index in [1.54, 1.807) is 11.3 Å². The Morgan fingerprint density at radius 1 is 1.00 bits per heavy atom. The summed E-state index contributed by atoms with van der Waals surface area (Å²) < 4.78 is 0. The van der Waals surface area contributed by atoms with Gasteiger partial charge in [0.1, 0.15) is 4.83 Å². The molecule has 1 aromatic carbocycles. The summed E-state index contributed by atoms with van der Waals surface area (Å²) in [5.74, 6) is 0.212. The molecule has 4 heterocycles. The topological polar surface area (TPSA) is 46.1 Å². The molecule has 4 nitrogen and oxygen atoms in total. The second kappa shape index (κ2) is 6.59. The Bertz CT molecular complexity index is 1130. The molecule has 1 fully saturated rings. The molecule has 0 atom stereocenters. The zero-order chi connectivity index (χ0) is 18.2. The highest BCUT2D eigenvalue weighted by atomic mass is 32.1. The van der Waals surface area contributed by atoms with Gasteiger partial charge >= 0.3 is 0 Å². The molecule has 1 aliphatic heterocycles. The number of benzene rings is 1. The van der Waals surface area contributed by atoms with E-state index in [1.165, 1.54) is 0 Å². The van der Waals surface area contributed by atoms with Crippen LogP contribution in [0.4, 0.5) is 5.69 Å². The lowest BCUT2D eigenvalue weighted by atomic mass is 10.0. The van der Waals surface area contributed by atoms with E-state index < -0.39 is 0 Å². The highest BCUT2D eigenvalue weighted by Gasteiger charge is 2.21. The fraction of sp³-hybridized carbons (Fsp3) is 0.136. The first-order valence-electron chi connectivity index (χ1n) is 8.98. The number of fused-ring (bicyclic) bond motifs is 1. The van der Waals surface area contributed by atoms with Gasteiger partial charge in [0.25, 0.3) is 0 Å². The Morgan fingerprint density at radius 2 is 1.85 bits per heavy atom. The zero-order valence-electron chi connectivity index (χ0n) is 14.6. The number of nitrogens with zero attached hydrogens (tertiary/aromatic N) is 3. The van der Waals surface area contributed by atoms with Crippen LogP contribution in [-0.4, -0.2) is 22.4 Å². The average molecular weight is 371 g/mol. The highest BCUT2D eigenvalue weighted by molar-refractivity contribution is 7.17. The molecule has 0 radical (unpaired) electrons. The molecular weight excluding hydrogens is 354 g/mol. The third-order valence-corrected chi connectivity index (χ3v) is 5.89. The molecule has 5 heteroatoms. The van der Waals surface area contributed by atoms with E-state index in [1.807, 2.05) is 41.7 Å². The van der Waals surface area contributed by atoms with Crippen molar-refractivity contribution in [3.63, 3.8) is 0 Å². The van der Waals surface area contributed by atoms with Gasteiger partial charge in [-0.1, -0.05) is 12.1 Å². The maximum atomic E-state index is 11.9. The van der Waals surface area contributed by atoms with Gasteiger partial charge in [-0.05, 0) is 42.3 Å². The van der Waals surface area contributed by atoms with Gasteiger partial charge < -0.3 is 4.90 Å². The molecule has 1 amide bonds. The van der Waals surface area contributed by atoms with Crippen LogP contribution in [0.15, 0.2) is 66.4 Å². The van der Waals surface area contributed by atoms with E-state index in [4.69, 9.17) is 0 Å². The summed E-state index contributed by atoms with van der Waals surface area (Å²) in [6, 6.07) is 14.4. The molecule has 5 rings (SSSR count). The predicted octanol–water partition coefficient (Wildman–Crippen LogP) is 5.15. The van der Waals surface area contributed by atoms with Crippen molar-refractivity contribution in [2.24, 2.45) is 0 Å². The SMILES string of the molecule is O=C1CCCN1c1ccc(-c2cncc(-c3csc4ncccc34)c2)cc1. The third-order valence-electron chi connectivity index (χ3n) is 4.98. The van der Waals surface area contributed by atoms with Crippen molar-refractivity contribution in [1.82, 2.24) is 9.97 Å². The number of aromatic nitrogens is 2. The Hall–Kier alpha value is -3.05. The van der Waals surface area contributed by atoms with Gasteiger partial charge in [-0.25, -0.2) is 4.98 Å². The molecular formula is C22H17N3OS. The summed E-state index contributed by atoms with van der Waals surface area (Å²) in [5, 5.41) is 3.30. The molecule has 27 heavy (non-hydrogen) atoms. The first-order valence-corrected chi connectivity index (χ1v) is 9.86. The van der Waals surface area contributed by atoms with Crippen molar-refractivity contribution in [2.75, 3.05) is 11.4 Å². The normalized spacial score (nSPS) is 14.2. The van der Waals surface area contributed by atoms with Gasteiger partial charge in [-0.2, -0.15) is 0 Å². The highest BCUT2D eigenvalue weighted by Crippen LogP contribution is 2.34. The Balaban J connectivity index is 1.49. The zero-order valence-corrected chi connectivity index (χ0v) is 15.4. The van der Waals surface area contributed by atoms with Crippen LogP contribution in [0.5, 0.6) is 0 Å². The maximum Gasteiger partial charge on any atom is 0.227 e. The smallest absolute Gasteiger partial charge is 0.227 e. The minimum atomic E-state index is 0.212. The molecule has 1 saturated heterocycles. The summed E-state index contributed by atoms with van der Waals surface area (Å²) in [4.78, 5) is 23.7. The van der Waals surface area contributed by atoms with Crippen molar-refractivity contribution in [3.05, 3.63) is 66.4 Å². The number of pyridine rings is 2. The van der Waals surface area contributed by atoms with Gasteiger partial charge in [-0.15, -0.1) is 11.3 Å². The number of anilines is 1. The molecule has 0 unspecified atom stereocenters. The van der Waals surface area contributed by atoms with E-state index in [9.17, 15) is 4.79 Å². The van der Waals surface area contributed by atoms with Gasteiger partial charge in [0, 0.05) is 64.7 Å². The molecule has 132 valence electrons. The second-order valence-electron chi connectivity index (χ2n) is 6.66. The quantitative estimate of drug-likeness (QED) is 0.500. The molecule has 1 aliphatic rings. The standard InChI is InChI=1S/C22H17N3OS/c26-21-4-2-10-25(21)18-7-5-15(6-8-18)16-11-17(13-23-12-16)20-14-27-22-19(20)3-1-9-24-22/h1,3,5-9,11-14H,2,4,10H2. The van der Waals surface area contributed by atoms with Crippen LogP contribution in [0.1, 0.15) is 12.8 Å². The van der Waals surface area contributed by atoms with Crippen LogP contribution in [0.25, 0.3) is 32.5 Å². The van der Waals surface area contributed by atoms with Crippen molar-refractivity contribution < 1.29 is 4.79 Å². The Kier molecular flexibility index (Phi) is 3.94. The lowest BCUT2D eigenvalue weighted by Gasteiger charge is -2.16. The van der Waals surface area contributed by atoms with Crippen LogP contribution in [0, 0.1) is 0 Å². The molecule has 3 aromatic heterocycles. The Morgan fingerprint density at radius 3 is 2.67 bits per heavy atom. The summed E-state index contributed by atoms with van der Waals surface area (Å²) in [7, 11) is 0. The van der Waals surface area contributed by atoms with Crippen LogP contribution in [0.3, 0.4) is 0 Å². The molecule has 0 bridgehead atoms. The van der Waals surface area contributed by atoms with Crippen molar-refractivity contribution in [2.45, 2.75) is 12.8 Å². The number of rotatable bonds is 3. The number of hydrogen-bond donors (Lipinski definition) is 0. The summed E-state index contributed by atoms with van der Waals surface area (Å²) >= 11 is 1.65. The molecule has 0 N–H and O–H groups in total. The lowest BCUT2D eigenvalue weighted by molar-refractivity contribution is -0.117. The van der Waals surface area contributed by atoms with Gasteiger partial charge in [0.15, 0.2) is 0 Å². The number of carbonyl (C=O) groups is 1. The second-order valence-corrected chi connectivity index (χ2v) is 7.52. The van der Waals surface area contributed by atoms with Gasteiger partial charge in [-0.3, -0.25) is 9.78 Å². The average Bonchev–Trinajstić information content (AvgIpc) is 3.34. The van der Waals surface area contributed by atoms with Crippen LogP contribution < -0.4 is 4.90 Å². The number of amides is 1. The van der Waals surface area contributed by atoms with Gasteiger partial charge in [0.2, 0.25) is 5.91 Å². The monoisotopic (exact) mass is 371 g/mol. The first-order chi connectivity index (χ1) is 13.3. The van der Waals surface area contributed by atoms with Crippen molar-refractivity contribution in [1.29, 1.82) is 0 Å². The fourth-order valence-corrected chi connectivity index (χ4v) is 4.51. The minimum absolute atomic E-state index is 0.212. The van der Waals surface area contributed by atoms with E-state index in [0.29, 0.717) is 6.42 Å².